The fraction of sp³-hybridized carbons (Fsp3) is 0.333. The number of nitrogens with zero attached hydrogens (tertiary/aromatic N) is 1. The minimum atomic E-state index is 0.220. The molecule has 1 heterocycles. The van der Waals surface area contributed by atoms with Gasteiger partial charge in [-0.15, -0.1) is 11.3 Å². The van der Waals surface area contributed by atoms with E-state index in [0.29, 0.717) is 6.42 Å². The SMILES string of the molecule is CC(=O)CCc1nc(-c2ccc(C)c(C)c2)cs1. The van der Waals surface area contributed by atoms with Gasteiger partial charge < -0.3 is 4.79 Å². The molecule has 0 N–H and O–H groups in total. The molecule has 1 aromatic carbocycles. The zero-order valence-electron chi connectivity index (χ0n) is 11.0. The van der Waals surface area contributed by atoms with Crippen molar-refractivity contribution in [2.24, 2.45) is 0 Å². The molecule has 2 nitrogen and oxygen atoms in total. The molecule has 0 saturated carbocycles. The summed E-state index contributed by atoms with van der Waals surface area (Å²) in [5.74, 6) is 0.220. The summed E-state index contributed by atoms with van der Waals surface area (Å²) in [5, 5.41) is 3.11. The van der Waals surface area contributed by atoms with Crippen LogP contribution in [0.25, 0.3) is 11.3 Å². The van der Waals surface area contributed by atoms with E-state index in [1.807, 2.05) is 0 Å². The number of hydrogen-bond acceptors (Lipinski definition) is 3. The van der Waals surface area contributed by atoms with Crippen molar-refractivity contribution in [3.63, 3.8) is 0 Å². The molecular weight excluding hydrogens is 242 g/mol. The number of aromatic nitrogens is 1. The highest BCUT2D eigenvalue weighted by Crippen LogP contribution is 2.24. The average Bonchev–Trinajstić information content (AvgIpc) is 2.79. The average molecular weight is 259 g/mol. The summed E-state index contributed by atoms with van der Waals surface area (Å²) in [6.45, 7) is 5.85. The molecule has 2 rings (SSSR count). The largest absolute Gasteiger partial charge is 0.300 e. The molecule has 0 atom stereocenters. The van der Waals surface area contributed by atoms with E-state index in [1.165, 1.54) is 11.1 Å². The highest BCUT2D eigenvalue weighted by molar-refractivity contribution is 7.09. The fourth-order valence-electron chi connectivity index (χ4n) is 1.74. The van der Waals surface area contributed by atoms with Gasteiger partial charge in [0.15, 0.2) is 0 Å². The Morgan fingerprint density at radius 3 is 2.72 bits per heavy atom. The molecule has 0 unspecified atom stereocenters. The van der Waals surface area contributed by atoms with E-state index in [9.17, 15) is 4.79 Å². The quantitative estimate of drug-likeness (QED) is 0.832. The second-order valence-corrected chi connectivity index (χ2v) is 5.57. The lowest BCUT2D eigenvalue weighted by molar-refractivity contribution is -0.116. The van der Waals surface area contributed by atoms with Crippen molar-refractivity contribution in [3.8, 4) is 11.3 Å². The van der Waals surface area contributed by atoms with Gasteiger partial charge in [0.2, 0.25) is 0 Å². The number of thiazole rings is 1. The second kappa shape index (κ2) is 5.44. The van der Waals surface area contributed by atoms with Crippen molar-refractivity contribution in [2.75, 3.05) is 0 Å². The summed E-state index contributed by atoms with van der Waals surface area (Å²) < 4.78 is 0. The Morgan fingerprint density at radius 1 is 1.28 bits per heavy atom. The van der Waals surface area contributed by atoms with Crippen LogP contribution in [0.4, 0.5) is 0 Å². The van der Waals surface area contributed by atoms with Gasteiger partial charge in [0.05, 0.1) is 10.7 Å². The Balaban J connectivity index is 2.18. The van der Waals surface area contributed by atoms with Gasteiger partial charge >= 0.3 is 0 Å². The molecule has 3 heteroatoms. The topological polar surface area (TPSA) is 30.0 Å². The van der Waals surface area contributed by atoms with Crippen molar-refractivity contribution >= 4 is 17.1 Å². The van der Waals surface area contributed by atoms with Gasteiger partial charge in [-0.25, -0.2) is 4.98 Å². The Hall–Kier alpha value is -1.48. The summed E-state index contributed by atoms with van der Waals surface area (Å²) in [6, 6.07) is 6.39. The monoisotopic (exact) mass is 259 g/mol. The van der Waals surface area contributed by atoms with Crippen LogP contribution in [0.1, 0.15) is 29.5 Å². The van der Waals surface area contributed by atoms with Gasteiger partial charge in [-0.3, -0.25) is 0 Å². The lowest BCUT2D eigenvalue weighted by Gasteiger charge is -2.02. The van der Waals surface area contributed by atoms with E-state index in [2.05, 4.69) is 42.4 Å². The first-order valence-corrected chi connectivity index (χ1v) is 6.95. The molecule has 18 heavy (non-hydrogen) atoms. The van der Waals surface area contributed by atoms with E-state index < -0.39 is 0 Å². The van der Waals surface area contributed by atoms with E-state index in [0.717, 1.165) is 22.7 Å². The Morgan fingerprint density at radius 2 is 2.06 bits per heavy atom. The normalized spacial score (nSPS) is 10.6. The summed E-state index contributed by atoms with van der Waals surface area (Å²) in [7, 11) is 0. The van der Waals surface area contributed by atoms with Crippen molar-refractivity contribution in [3.05, 3.63) is 39.7 Å². The van der Waals surface area contributed by atoms with Crippen LogP contribution in [-0.2, 0) is 11.2 Å². The van der Waals surface area contributed by atoms with Crippen molar-refractivity contribution in [1.29, 1.82) is 0 Å². The van der Waals surface area contributed by atoms with E-state index in [1.54, 1.807) is 18.3 Å². The van der Waals surface area contributed by atoms with E-state index in [-0.39, 0.29) is 5.78 Å². The standard InChI is InChI=1S/C15H17NOS/c1-10-4-6-13(8-11(10)2)14-9-18-15(16-14)7-5-12(3)17/h4,6,8-9H,5,7H2,1-3H3. The summed E-state index contributed by atoms with van der Waals surface area (Å²) in [5.41, 5.74) is 4.75. The predicted octanol–water partition coefficient (Wildman–Crippen LogP) is 3.95. The number of hydrogen-bond donors (Lipinski definition) is 0. The highest BCUT2D eigenvalue weighted by atomic mass is 32.1. The number of aryl methyl sites for hydroxylation is 3. The number of carbonyl (C=O) groups is 1. The van der Waals surface area contributed by atoms with Crippen molar-refractivity contribution in [1.82, 2.24) is 4.98 Å². The van der Waals surface area contributed by atoms with Crippen molar-refractivity contribution in [2.45, 2.75) is 33.6 Å². The Bertz CT molecular complexity index is 572. The lowest BCUT2D eigenvalue weighted by Crippen LogP contribution is -1.93. The summed E-state index contributed by atoms with van der Waals surface area (Å²) in [4.78, 5) is 15.5. The molecular formula is C15H17NOS. The zero-order valence-corrected chi connectivity index (χ0v) is 11.8. The molecule has 0 bridgehead atoms. The molecule has 0 amide bonds. The summed E-state index contributed by atoms with van der Waals surface area (Å²) >= 11 is 1.63. The molecule has 0 spiro atoms. The molecule has 2 aromatic rings. The summed E-state index contributed by atoms with van der Waals surface area (Å²) in [6.07, 6.45) is 1.34. The number of Topliss-reactive ketones (excluding diaryl/α,β-unsaturated/α-hetero) is 1. The van der Waals surface area contributed by atoms with Gasteiger partial charge in [-0.1, -0.05) is 12.1 Å². The number of ketones is 1. The maximum Gasteiger partial charge on any atom is 0.130 e. The minimum Gasteiger partial charge on any atom is -0.300 e. The third kappa shape index (κ3) is 3.05. The molecule has 1 aromatic heterocycles. The van der Waals surface area contributed by atoms with Gasteiger partial charge in [-0.05, 0) is 38.0 Å². The predicted molar refractivity (Wildman–Crippen MR) is 76.0 cm³/mol. The van der Waals surface area contributed by atoms with Crippen LogP contribution in [0.5, 0.6) is 0 Å². The number of benzene rings is 1. The van der Waals surface area contributed by atoms with Crippen LogP contribution in [0.3, 0.4) is 0 Å². The zero-order chi connectivity index (χ0) is 13.1. The second-order valence-electron chi connectivity index (χ2n) is 4.63. The third-order valence-corrected chi connectivity index (χ3v) is 3.95. The first-order valence-electron chi connectivity index (χ1n) is 6.07. The molecule has 94 valence electrons. The smallest absolute Gasteiger partial charge is 0.130 e. The van der Waals surface area contributed by atoms with Crippen LogP contribution < -0.4 is 0 Å². The highest BCUT2D eigenvalue weighted by Gasteiger charge is 2.06. The Labute approximate surface area is 112 Å². The number of carbonyl (C=O) groups excluding carboxylic acids is 1. The Kier molecular flexibility index (Phi) is 3.92. The van der Waals surface area contributed by atoms with E-state index in [4.69, 9.17) is 0 Å². The first kappa shape index (κ1) is 13.0. The van der Waals surface area contributed by atoms with Gasteiger partial charge in [0.25, 0.3) is 0 Å². The van der Waals surface area contributed by atoms with Crippen LogP contribution in [0, 0.1) is 13.8 Å². The van der Waals surface area contributed by atoms with Crippen LogP contribution in [0.2, 0.25) is 0 Å². The van der Waals surface area contributed by atoms with Crippen LogP contribution in [-0.4, -0.2) is 10.8 Å². The van der Waals surface area contributed by atoms with Crippen LogP contribution in [0.15, 0.2) is 23.6 Å². The van der Waals surface area contributed by atoms with Crippen LogP contribution >= 0.6 is 11.3 Å². The van der Waals surface area contributed by atoms with Crippen molar-refractivity contribution < 1.29 is 4.79 Å². The maximum absolute atomic E-state index is 11.0. The van der Waals surface area contributed by atoms with Gasteiger partial charge in [0.1, 0.15) is 5.78 Å². The van der Waals surface area contributed by atoms with E-state index >= 15 is 0 Å². The maximum atomic E-state index is 11.0. The molecule has 0 radical (unpaired) electrons. The van der Waals surface area contributed by atoms with Gasteiger partial charge in [0, 0.05) is 23.8 Å². The van der Waals surface area contributed by atoms with Gasteiger partial charge in [-0.2, -0.15) is 0 Å². The lowest BCUT2D eigenvalue weighted by atomic mass is 10.1. The molecule has 0 aliphatic heterocycles. The minimum absolute atomic E-state index is 0.220. The first-order chi connectivity index (χ1) is 8.56. The molecule has 0 aliphatic rings. The molecule has 0 fully saturated rings. The molecule has 0 saturated heterocycles. The number of rotatable bonds is 4. The fourth-order valence-corrected chi connectivity index (χ4v) is 2.55. The third-order valence-electron chi connectivity index (χ3n) is 3.05. The molecule has 0 aliphatic carbocycles.